The Kier molecular flexibility index (Phi) is 3.08. The van der Waals surface area contributed by atoms with Crippen molar-refractivity contribution in [2.75, 3.05) is 0 Å². The van der Waals surface area contributed by atoms with Crippen LogP contribution in [0.5, 0.6) is 0 Å². The molecular weight excluding hydrogens is 246 g/mol. The van der Waals surface area contributed by atoms with E-state index in [1.807, 2.05) is 24.3 Å². The summed E-state index contributed by atoms with van der Waals surface area (Å²) in [5.74, 6) is 2.20. The zero-order valence-electron chi connectivity index (χ0n) is 10.5. The van der Waals surface area contributed by atoms with E-state index < -0.39 is 0 Å². The lowest BCUT2D eigenvalue weighted by Gasteiger charge is -2.16. The van der Waals surface area contributed by atoms with E-state index in [1.165, 1.54) is 19.3 Å². The molecule has 0 saturated heterocycles. The summed E-state index contributed by atoms with van der Waals surface area (Å²) in [4.78, 5) is 0. The second-order valence-electron chi connectivity index (χ2n) is 5.51. The van der Waals surface area contributed by atoms with Crippen molar-refractivity contribution in [1.29, 1.82) is 0 Å². The first-order valence-corrected chi connectivity index (χ1v) is 6.96. The van der Waals surface area contributed by atoms with Gasteiger partial charge in [0.25, 0.3) is 0 Å². The summed E-state index contributed by atoms with van der Waals surface area (Å²) in [6, 6.07) is 7.83. The van der Waals surface area contributed by atoms with Gasteiger partial charge in [0.1, 0.15) is 5.76 Å². The van der Waals surface area contributed by atoms with Crippen molar-refractivity contribution >= 4 is 22.6 Å². The summed E-state index contributed by atoms with van der Waals surface area (Å²) in [5, 5.41) is 1.70. The summed E-state index contributed by atoms with van der Waals surface area (Å²) in [6.07, 6.45) is 3.68. The molecule has 2 aromatic rings. The number of hydrogen-bond acceptors (Lipinski definition) is 2. The van der Waals surface area contributed by atoms with E-state index in [2.05, 4.69) is 6.92 Å². The Morgan fingerprint density at radius 1 is 1.39 bits per heavy atom. The molecule has 0 spiro atoms. The van der Waals surface area contributed by atoms with Crippen LogP contribution in [0, 0.1) is 11.8 Å². The summed E-state index contributed by atoms with van der Waals surface area (Å²) < 4.78 is 5.85. The standard InChI is InChI=1S/C15H18ClNO/c1-9-5-6-10(7-9)14(17)13-8-11-3-2-4-12(16)15(11)18-13/h2-4,8-10,14H,5-7,17H2,1H3. The molecule has 2 N–H and O–H groups in total. The number of furan rings is 1. The number of para-hydroxylation sites is 1. The van der Waals surface area contributed by atoms with E-state index in [-0.39, 0.29) is 6.04 Å². The lowest BCUT2D eigenvalue weighted by atomic mass is 9.96. The van der Waals surface area contributed by atoms with Crippen molar-refractivity contribution in [3.8, 4) is 0 Å². The zero-order chi connectivity index (χ0) is 12.7. The third-order valence-corrected chi connectivity index (χ3v) is 4.38. The Morgan fingerprint density at radius 2 is 2.22 bits per heavy atom. The van der Waals surface area contributed by atoms with Gasteiger partial charge >= 0.3 is 0 Å². The summed E-state index contributed by atoms with van der Waals surface area (Å²) in [5.41, 5.74) is 7.10. The monoisotopic (exact) mass is 263 g/mol. The first kappa shape index (κ1) is 12.1. The molecule has 96 valence electrons. The van der Waals surface area contributed by atoms with Crippen molar-refractivity contribution in [2.45, 2.75) is 32.2 Å². The minimum atomic E-state index is -0.00147. The van der Waals surface area contributed by atoms with Crippen molar-refractivity contribution in [3.05, 3.63) is 35.0 Å². The van der Waals surface area contributed by atoms with Gasteiger partial charge in [-0.25, -0.2) is 0 Å². The molecule has 3 heteroatoms. The molecule has 1 aliphatic rings. The van der Waals surface area contributed by atoms with Gasteiger partial charge in [0.2, 0.25) is 0 Å². The molecule has 3 unspecified atom stereocenters. The largest absolute Gasteiger partial charge is 0.458 e. The van der Waals surface area contributed by atoms with Crippen LogP contribution in [0.2, 0.25) is 5.02 Å². The van der Waals surface area contributed by atoms with Gasteiger partial charge in [0.15, 0.2) is 5.58 Å². The number of benzene rings is 1. The van der Waals surface area contributed by atoms with Crippen LogP contribution in [0.4, 0.5) is 0 Å². The van der Waals surface area contributed by atoms with Crippen LogP contribution >= 0.6 is 11.6 Å². The van der Waals surface area contributed by atoms with Gasteiger partial charge in [0, 0.05) is 5.39 Å². The van der Waals surface area contributed by atoms with Gasteiger partial charge in [-0.15, -0.1) is 0 Å². The van der Waals surface area contributed by atoms with Crippen molar-refractivity contribution in [2.24, 2.45) is 17.6 Å². The van der Waals surface area contributed by atoms with E-state index in [0.29, 0.717) is 10.9 Å². The van der Waals surface area contributed by atoms with Gasteiger partial charge in [0.05, 0.1) is 11.1 Å². The fourth-order valence-electron chi connectivity index (χ4n) is 3.02. The first-order valence-electron chi connectivity index (χ1n) is 6.58. The molecule has 1 saturated carbocycles. The second kappa shape index (κ2) is 4.60. The Labute approximate surface area is 112 Å². The summed E-state index contributed by atoms with van der Waals surface area (Å²) in [6.45, 7) is 2.29. The molecule has 1 heterocycles. The minimum absolute atomic E-state index is 0.00147. The third-order valence-electron chi connectivity index (χ3n) is 4.09. The summed E-state index contributed by atoms with van der Waals surface area (Å²) >= 11 is 6.12. The number of hydrogen-bond donors (Lipinski definition) is 1. The number of nitrogens with two attached hydrogens (primary N) is 1. The van der Waals surface area contributed by atoms with E-state index in [0.717, 1.165) is 22.6 Å². The lowest BCUT2D eigenvalue weighted by Crippen LogP contribution is -2.18. The molecule has 0 aliphatic heterocycles. The van der Waals surface area contributed by atoms with Gasteiger partial charge < -0.3 is 10.2 Å². The Bertz CT molecular complexity index is 563. The molecule has 3 atom stereocenters. The Hall–Kier alpha value is -0.990. The van der Waals surface area contributed by atoms with Crippen LogP contribution < -0.4 is 5.73 Å². The number of rotatable bonds is 2. The second-order valence-corrected chi connectivity index (χ2v) is 5.92. The van der Waals surface area contributed by atoms with Gasteiger partial charge in [-0.1, -0.05) is 37.1 Å². The van der Waals surface area contributed by atoms with Crippen molar-refractivity contribution in [3.63, 3.8) is 0 Å². The fourth-order valence-corrected chi connectivity index (χ4v) is 3.24. The first-order chi connectivity index (χ1) is 8.65. The quantitative estimate of drug-likeness (QED) is 0.865. The molecule has 0 radical (unpaired) electrons. The maximum Gasteiger partial charge on any atom is 0.152 e. The smallest absolute Gasteiger partial charge is 0.152 e. The van der Waals surface area contributed by atoms with E-state index in [4.69, 9.17) is 21.8 Å². The summed E-state index contributed by atoms with van der Waals surface area (Å²) in [7, 11) is 0. The average Bonchev–Trinajstić information content (AvgIpc) is 2.95. The lowest BCUT2D eigenvalue weighted by molar-refractivity contribution is 0.372. The van der Waals surface area contributed by atoms with Gasteiger partial charge in [-0.3, -0.25) is 0 Å². The van der Waals surface area contributed by atoms with Crippen molar-refractivity contribution in [1.82, 2.24) is 0 Å². The Morgan fingerprint density at radius 3 is 2.89 bits per heavy atom. The van der Waals surface area contributed by atoms with Gasteiger partial charge in [-0.2, -0.15) is 0 Å². The SMILES string of the molecule is CC1CCC(C(N)c2cc3cccc(Cl)c3o2)C1. The highest BCUT2D eigenvalue weighted by molar-refractivity contribution is 6.34. The van der Waals surface area contributed by atoms with Crippen LogP contribution in [0.3, 0.4) is 0 Å². The molecule has 0 bridgehead atoms. The molecule has 0 amide bonds. The maximum atomic E-state index is 6.34. The van der Waals surface area contributed by atoms with Crippen LogP contribution in [0.1, 0.15) is 38.0 Å². The average molecular weight is 264 g/mol. The zero-order valence-corrected chi connectivity index (χ0v) is 11.3. The highest BCUT2D eigenvalue weighted by atomic mass is 35.5. The number of halogens is 1. The topological polar surface area (TPSA) is 39.2 Å². The van der Waals surface area contributed by atoms with E-state index in [1.54, 1.807) is 0 Å². The molecule has 1 aliphatic carbocycles. The van der Waals surface area contributed by atoms with Crippen LogP contribution in [-0.4, -0.2) is 0 Å². The van der Waals surface area contributed by atoms with Crippen LogP contribution in [0.15, 0.2) is 28.7 Å². The fraction of sp³-hybridized carbons (Fsp3) is 0.467. The van der Waals surface area contributed by atoms with Gasteiger partial charge in [-0.05, 0) is 36.8 Å². The normalized spacial score (nSPS) is 25.7. The molecule has 2 nitrogen and oxygen atoms in total. The molecule has 18 heavy (non-hydrogen) atoms. The third kappa shape index (κ3) is 2.04. The van der Waals surface area contributed by atoms with Crippen LogP contribution in [0.25, 0.3) is 11.0 Å². The van der Waals surface area contributed by atoms with E-state index >= 15 is 0 Å². The highest BCUT2D eigenvalue weighted by Gasteiger charge is 2.29. The predicted octanol–water partition coefficient (Wildman–Crippen LogP) is 4.52. The maximum absolute atomic E-state index is 6.34. The van der Waals surface area contributed by atoms with Crippen molar-refractivity contribution < 1.29 is 4.42 Å². The number of fused-ring (bicyclic) bond motifs is 1. The molecule has 1 fully saturated rings. The molecule has 1 aromatic heterocycles. The minimum Gasteiger partial charge on any atom is -0.458 e. The molecule has 3 rings (SSSR count). The highest BCUT2D eigenvalue weighted by Crippen LogP contribution is 2.39. The Balaban J connectivity index is 1.92. The van der Waals surface area contributed by atoms with E-state index in [9.17, 15) is 0 Å². The van der Waals surface area contributed by atoms with Crippen LogP contribution in [-0.2, 0) is 0 Å². The predicted molar refractivity (Wildman–Crippen MR) is 74.7 cm³/mol. The molecular formula is C15H18ClNO. The molecule has 1 aromatic carbocycles.